The van der Waals surface area contributed by atoms with Crippen LogP contribution in [0, 0.1) is 5.82 Å². The smallest absolute Gasteiger partial charge is 0.368 e. The minimum absolute atomic E-state index is 0.0255. The number of halogens is 4. The highest BCUT2D eigenvalue weighted by Crippen LogP contribution is 2.39. The molecule has 0 unspecified atom stereocenters. The Morgan fingerprint density at radius 2 is 1.67 bits per heavy atom. The van der Waals surface area contributed by atoms with Gasteiger partial charge in [-0.2, -0.15) is 22.5 Å². The molecular formula is C25H35F4N7O2S. The molecule has 2 fully saturated rings. The Hall–Kier alpha value is -2.71. The van der Waals surface area contributed by atoms with Crippen molar-refractivity contribution in [3.8, 4) is 0 Å². The number of nitrogens with one attached hydrogen (secondary N) is 3. The van der Waals surface area contributed by atoms with Gasteiger partial charge < -0.3 is 20.9 Å². The standard InChI is InChI=1S/C25H35F4N7O2S/c1-23(2)13-17(14-24(3,4)34-23)31-21-19(26)15-30-22(33-21)32-16-6-7-20(18(12-16)25(27,28)29)35-8-10-36(11-9-35)39(5,37)38/h6-7,12,15,17,34H,8-11,13-14H2,1-5H3,(H2,30,31,32,33). The van der Waals surface area contributed by atoms with Gasteiger partial charge in [0, 0.05) is 54.7 Å². The molecule has 3 heterocycles. The molecule has 4 rings (SSSR count). The van der Waals surface area contributed by atoms with Gasteiger partial charge in [0.25, 0.3) is 0 Å². The molecule has 216 valence electrons. The molecule has 9 nitrogen and oxygen atoms in total. The van der Waals surface area contributed by atoms with Gasteiger partial charge >= 0.3 is 6.18 Å². The minimum atomic E-state index is -4.66. The van der Waals surface area contributed by atoms with Gasteiger partial charge in [-0.05, 0) is 58.7 Å². The predicted molar refractivity (Wildman–Crippen MR) is 143 cm³/mol. The highest BCUT2D eigenvalue weighted by Gasteiger charge is 2.38. The summed E-state index contributed by atoms with van der Waals surface area (Å²) >= 11 is 0. The lowest BCUT2D eigenvalue weighted by molar-refractivity contribution is -0.137. The number of aromatic nitrogens is 2. The van der Waals surface area contributed by atoms with E-state index in [1.807, 2.05) is 0 Å². The van der Waals surface area contributed by atoms with Crippen molar-refractivity contribution in [2.75, 3.05) is 48.0 Å². The summed E-state index contributed by atoms with van der Waals surface area (Å²) < 4.78 is 81.5. The topological polar surface area (TPSA) is 102 Å². The fourth-order valence-electron chi connectivity index (χ4n) is 5.65. The van der Waals surface area contributed by atoms with Crippen LogP contribution in [0.4, 0.5) is 40.7 Å². The van der Waals surface area contributed by atoms with Gasteiger partial charge in [0.2, 0.25) is 16.0 Å². The summed E-state index contributed by atoms with van der Waals surface area (Å²) in [4.78, 5) is 9.65. The van der Waals surface area contributed by atoms with Crippen molar-refractivity contribution in [1.29, 1.82) is 0 Å². The third kappa shape index (κ3) is 7.28. The first kappa shape index (κ1) is 29.3. The van der Waals surface area contributed by atoms with Crippen LogP contribution in [-0.2, 0) is 16.2 Å². The molecule has 0 amide bonds. The molecule has 14 heteroatoms. The summed E-state index contributed by atoms with van der Waals surface area (Å²) in [5.41, 5.74) is -1.20. The van der Waals surface area contributed by atoms with Crippen LogP contribution in [0.3, 0.4) is 0 Å². The number of piperazine rings is 1. The fraction of sp³-hybridized carbons (Fsp3) is 0.600. The third-order valence-corrected chi connectivity index (χ3v) is 8.18. The molecule has 0 radical (unpaired) electrons. The Labute approximate surface area is 226 Å². The lowest BCUT2D eigenvalue weighted by Crippen LogP contribution is -2.60. The molecule has 2 saturated heterocycles. The Morgan fingerprint density at radius 1 is 1.05 bits per heavy atom. The highest BCUT2D eigenvalue weighted by molar-refractivity contribution is 7.88. The zero-order valence-corrected chi connectivity index (χ0v) is 23.5. The van der Waals surface area contributed by atoms with Crippen LogP contribution in [0.25, 0.3) is 0 Å². The number of alkyl halides is 3. The van der Waals surface area contributed by atoms with E-state index in [0.717, 1.165) is 31.4 Å². The van der Waals surface area contributed by atoms with E-state index in [1.165, 1.54) is 21.3 Å². The summed E-state index contributed by atoms with van der Waals surface area (Å²) in [6, 6.07) is 3.68. The lowest BCUT2D eigenvalue weighted by atomic mass is 9.79. The summed E-state index contributed by atoms with van der Waals surface area (Å²) in [6.07, 6.45) is -1.16. The number of rotatable bonds is 6. The normalized spacial score (nSPS) is 20.6. The largest absolute Gasteiger partial charge is 0.418 e. The predicted octanol–water partition coefficient (Wildman–Crippen LogP) is 4.18. The van der Waals surface area contributed by atoms with Gasteiger partial charge in [-0.15, -0.1) is 0 Å². The molecule has 2 aliphatic rings. The van der Waals surface area contributed by atoms with Crippen LogP contribution in [0.2, 0.25) is 0 Å². The number of anilines is 4. The number of sulfonamides is 1. The van der Waals surface area contributed by atoms with Gasteiger partial charge in [0.15, 0.2) is 11.6 Å². The number of hydrogen-bond acceptors (Lipinski definition) is 8. The van der Waals surface area contributed by atoms with Crippen molar-refractivity contribution in [3.05, 3.63) is 35.8 Å². The molecule has 2 aliphatic heterocycles. The first-order valence-electron chi connectivity index (χ1n) is 12.7. The van der Waals surface area contributed by atoms with E-state index < -0.39 is 27.6 Å². The van der Waals surface area contributed by atoms with E-state index in [0.29, 0.717) is 0 Å². The van der Waals surface area contributed by atoms with E-state index in [2.05, 4.69) is 53.6 Å². The van der Waals surface area contributed by atoms with Gasteiger partial charge in [0.05, 0.1) is 18.0 Å². The van der Waals surface area contributed by atoms with Gasteiger partial charge in [-0.25, -0.2) is 17.8 Å². The Balaban J connectivity index is 1.53. The Morgan fingerprint density at radius 3 is 2.23 bits per heavy atom. The van der Waals surface area contributed by atoms with Crippen molar-refractivity contribution < 1.29 is 26.0 Å². The maximum Gasteiger partial charge on any atom is 0.418 e. The van der Waals surface area contributed by atoms with Gasteiger partial charge in [-0.3, -0.25) is 0 Å². The van der Waals surface area contributed by atoms with Crippen molar-refractivity contribution in [3.63, 3.8) is 0 Å². The van der Waals surface area contributed by atoms with E-state index in [1.54, 1.807) is 0 Å². The summed E-state index contributed by atoms with van der Waals surface area (Å²) in [5, 5.41) is 9.47. The van der Waals surface area contributed by atoms with E-state index >= 15 is 0 Å². The van der Waals surface area contributed by atoms with Crippen molar-refractivity contribution in [2.45, 2.75) is 63.8 Å². The van der Waals surface area contributed by atoms with Crippen LogP contribution in [-0.4, -0.2) is 72.2 Å². The maximum absolute atomic E-state index is 14.6. The molecule has 0 spiro atoms. The molecule has 1 aromatic carbocycles. The minimum Gasteiger partial charge on any atom is -0.368 e. The third-order valence-electron chi connectivity index (χ3n) is 6.88. The van der Waals surface area contributed by atoms with E-state index in [-0.39, 0.29) is 66.4 Å². The first-order valence-corrected chi connectivity index (χ1v) is 14.5. The van der Waals surface area contributed by atoms with Crippen molar-refractivity contribution >= 4 is 33.2 Å². The van der Waals surface area contributed by atoms with Crippen molar-refractivity contribution in [2.24, 2.45) is 0 Å². The quantitative estimate of drug-likeness (QED) is 0.443. The Kier molecular flexibility index (Phi) is 7.78. The van der Waals surface area contributed by atoms with Crippen LogP contribution in [0.1, 0.15) is 46.1 Å². The second-order valence-corrected chi connectivity index (χ2v) is 13.5. The number of piperidine rings is 1. The average Bonchev–Trinajstić information content (AvgIpc) is 2.78. The maximum atomic E-state index is 14.6. The second-order valence-electron chi connectivity index (χ2n) is 11.5. The zero-order chi connectivity index (χ0) is 28.8. The van der Waals surface area contributed by atoms with Crippen molar-refractivity contribution in [1.82, 2.24) is 19.6 Å². The molecule has 2 aromatic rings. The lowest BCUT2D eigenvalue weighted by Gasteiger charge is -2.46. The zero-order valence-electron chi connectivity index (χ0n) is 22.7. The second kappa shape index (κ2) is 10.4. The molecule has 0 atom stereocenters. The van der Waals surface area contributed by atoms with E-state index in [4.69, 9.17) is 0 Å². The molecule has 3 N–H and O–H groups in total. The van der Waals surface area contributed by atoms with Crippen LogP contribution in [0.15, 0.2) is 24.4 Å². The van der Waals surface area contributed by atoms with Crippen LogP contribution < -0.4 is 20.9 Å². The molecule has 1 aromatic heterocycles. The number of hydrogen-bond donors (Lipinski definition) is 3. The van der Waals surface area contributed by atoms with Gasteiger partial charge in [-0.1, -0.05) is 0 Å². The Bertz CT molecular complexity index is 1290. The molecule has 39 heavy (non-hydrogen) atoms. The first-order chi connectivity index (χ1) is 17.9. The van der Waals surface area contributed by atoms with E-state index in [9.17, 15) is 26.0 Å². The van der Waals surface area contributed by atoms with Gasteiger partial charge in [0.1, 0.15) is 0 Å². The summed E-state index contributed by atoms with van der Waals surface area (Å²) in [6.45, 7) is 8.73. The molecule has 0 aliphatic carbocycles. The number of benzene rings is 1. The molecular weight excluding hydrogens is 538 g/mol. The summed E-state index contributed by atoms with van der Waals surface area (Å²) in [5.74, 6) is -0.731. The summed E-state index contributed by atoms with van der Waals surface area (Å²) in [7, 11) is -3.41. The fourth-order valence-corrected chi connectivity index (χ4v) is 6.48. The number of nitrogens with zero attached hydrogens (tertiary/aromatic N) is 4. The molecule has 0 bridgehead atoms. The molecule has 0 saturated carbocycles. The SMILES string of the molecule is CC1(C)CC(Nc2nc(Nc3ccc(N4CCN(S(C)(=O)=O)CC4)c(C(F)(F)F)c3)ncc2F)CC(C)(C)N1. The average molecular weight is 574 g/mol. The highest BCUT2D eigenvalue weighted by atomic mass is 32.2. The monoisotopic (exact) mass is 573 g/mol. The van der Waals surface area contributed by atoms with Crippen LogP contribution in [0.5, 0.6) is 0 Å². The van der Waals surface area contributed by atoms with Crippen LogP contribution >= 0.6 is 0 Å².